The van der Waals surface area contributed by atoms with Crippen molar-refractivity contribution >= 4 is 29.2 Å². The predicted octanol–water partition coefficient (Wildman–Crippen LogP) is 1.31. The second-order valence-corrected chi connectivity index (χ2v) is 7.01. The Morgan fingerprint density at radius 1 is 1.18 bits per heavy atom. The highest BCUT2D eigenvalue weighted by Crippen LogP contribution is 2.18. The molecule has 0 spiro atoms. The number of carbonyl (C=O) groups is 2. The van der Waals surface area contributed by atoms with Crippen molar-refractivity contribution in [3.05, 3.63) is 47.1 Å². The summed E-state index contributed by atoms with van der Waals surface area (Å²) in [4.78, 5) is 28.1. The minimum absolute atomic E-state index is 0.0184. The summed E-state index contributed by atoms with van der Waals surface area (Å²) in [5.41, 5.74) is 0.931. The van der Waals surface area contributed by atoms with Crippen molar-refractivity contribution < 1.29 is 14.3 Å². The minimum atomic E-state index is -0.113. The summed E-state index contributed by atoms with van der Waals surface area (Å²) in [5.74, 6) is 0.492. The molecule has 2 aromatic rings. The molecule has 0 radical (unpaired) electrons. The molecular weight excluding hydrogens is 382 g/mol. The lowest BCUT2D eigenvalue weighted by Gasteiger charge is -2.34. The largest absolute Gasteiger partial charge is 0.375 e. The van der Waals surface area contributed by atoms with E-state index in [-0.39, 0.29) is 25.0 Å². The molecule has 3 rings (SSSR count). The number of halogens is 1. The van der Waals surface area contributed by atoms with Crippen LogP contribution in [0.1, 0.15) is 5.56 Å². The normalized spacial score (nSPS) is 14.9. The summed E-state index contributed by atoms with van der Waals surface area (Å²) in [6.45, 7) is 3.34. The number of methoxy groups -OCH3 is 1. The molecule has 2 heterocycles. The van der Waals surface area contributed by atoms with Gasteiger partial charge in [-0.25, -0.2) is 4.68 Å². The lowest BCUT2D eigenvalue weighted by atomic mass is 10.2. The zero-order valence-electron chi connectivity index (χ0n) is 15.8. The molecule has 0 unspecified atom stereocenters. The quantitative estimate of drug-likeness (QED) is 0.751. The molecule has 150 valence electrons. The summed E-state index contributed by atoms with van der Waals surface area (Å²) in [5, 5.41) is 7.84. The first kappa shape index (κ1) is 20.3. The van der Waals surface area contributed by atoms with Crippen LogP contribution >= 0.6 is 11.6 Å². The van der Waals surface area contributed by atoms with Crippen molar-refractivity contribution in [1.82, 2.24) is 19.6 Å². The van der Waals surface area contributed by atoms with Crippen LogP contribution < -0.4 is 5.32 Å². The third-order valence-electron chi connectivity index (χ3n) is 4.62. The molecule has 1 aromatic heterocycles. The molecule has 0 aliphatic carbocycles. The Hall–Kier alpha value is -2.42. The molecule has 1 fully saturated rings. The Bertz CT molecular complexity index is 817. The maximum absolute atomic E-state index is 12.4. The van der Waals surface area contributed by atoms with Gasteiger partial charge in [0.2, 0.25) is 11.8 Å². The standard InChI is InChI=1S/C19H24ClN5O3/c1-28-14-19(27)24-10-8-23(9-11-24)13-18(26)22-17-6-7-21-25(17)12-15-4-2-3-5-16(15)20/h2-7H,8-14H2,1H3,(H,22,26). The lowest BCUT2D eigenvalue weighted by molar-refractivity contribution is -0.137. The summed E-state index contributed by atoms with van der Waals surface area (Å²) in [7, 11) is 1.51. The predicted molar refractivity (Wildman–Crippen MR) is 106 cm³/mol. The number of amides is 2. The number of benzene rings is 1. The van der Waals surface area contributed by atoms with Gasteiger partial charge in [0.05, 0.1) is 19.3 Å². The zero-order valence-corrected chi connectivity index (χ0v) is 16.6. The Balaban J connectivity index is 1.51. The van der Waals surface area contributed by atoms with E-state index in [2.05, 4.69) is 10.4 Å². The van der Waals surface area contributed by atoms with Gasteiger partial charge in [-0.15, -0.1) is 0 Å². The van der Waals surface area contributed by atoms with Gasteiger partial charge in [-0.3, -0.25) is 14.5 Å². The molecule has 0 saturated carbocycles. The fraction of sp³-hybridized carbons (Fsp3) is 0.421. The molecule has 1 saturated heterocycles. The van der Waals surface area contributed by atoms with E-state index in [0.29, 0.717) is 43.6 Å². The summed E-state index contributed by atoms with van der Waals surface area (Å²) in [6.07, 6.45) is 1.65. The maximum Gasteiger partial charge on any atom is 0.248 e. The SMILES string of the molecule is COCC(=O)N1CCN(CC(=O)Nc2ccnn2Cc2ccccc2Cl)CC1. The molecule has 28 heavy (non-hydrogen) atoms. The smallest absolute Gasteiger partial charge is 0.248 e. The molecule has 2 amide bonds. The fourth-order valence-electron chi connectivity index (χ4n) is 3.11. The number of aromatic nitrogens is 2. The van der Waals surface area contributed by atoms with E-state index < -0.39 is 0 Å². The van der Waals surface area contributed by atoms with Gasteiger partial charge in [0.25, 0.3) is 0 Å². The van der Waals surface area contributed by atoms with Gasteiger partial charge in [0, 0.05) is 44.4 Å². The number of anilines is 1. The van der Waals surface area contributed by atoms with Gasteiger partial charge in [0.15, 0.2) is 0 Å². The number of nitrogens with zero attached hydrogens (tertiary/aromatic N) is 4. The van der Waals surface area contributed by atoms with Gasteiger partial charge in [0.1, 0.15) is 12.4 Å². The van der Waals surface area contributed by atoms with Crippen molar-refractivity contribution in [1.29, 1.82) is 0 Å². The number of hydrogen-bond acceptors (Lipinski definition) is 5. The van der Waals surface area contributed by atoms with Crippen LogP contribution in [-0.4, -0.2) is 77.8 Å². The van der Waals surface area contributed by atoms with Crippen LogP contribution in [0.3, 0.4) is 0 Å². The highest BCUT2D eigenvalue weighted by Gasteiger charge is 2.22. The lowest BCUT2D eigenvalue weighted by Crippen LogP contribution is -2.51. The molecule has 1 aliphatic heterocycles. The van der Waals surface area contributed by atoms with Crippen LogP contribution in [0.2, 0.25) is 5.02 Å². The van der Waals surface area contributed by atoms with Crippen LogP contribution in [0.15, 0.2) is 36.5 Å². The van der Waals surface area contributed by atoms with E-state index in [1.54, 1.807) is 21.8 Å². The number of rotatable bonds is 7. The van der Waals surface area contributed by atoms with Crippen LogP contribution in [-0.2, 0) is 20.9 Å². The Morgan fingerprint density at radius 2 is 1.93 bits per heavy atom. The van der Waals surface area contributed by atoms with Gasteiger partial charge in [-0.2, -0.15) is 5.10 Å². The molecule has 1 N–H and O–H groups in total. The second-order valence-electron chi connectivity index (χ2n) is 6.60. The first-order chi connectivity index (χ1) is 13.6. The molecule has 1 aliphatic rings. The molecule has 0 atom stereocenters. The van der Waals surface area contributed by atoms with Gasteiger partial charge < -0.3 is 15.0 Å². The molecule has 0 bridgehead atoms. The van der Waals surface area contributed by atoms with E-state index in [0.717, 1.165) is 5.56 Å². The maximum atomic E-state index is 12.4. The van der Waals surface area contributed by atoms with Crippen molar-refractivity contribution in [3.63, 3.8) is 0 Å². The number of nitrogens with one attached hydrogen (secondary N) is 1. The number of piperazine rings is 1. The van der Waals surface area contributed by atoms with E-state index in [9.17, 15) is 9.59 Å². The van der Waals surface area contributed by atoms with Gasteiger partial charge in [-0.1, -0.05) is 29.8 Å². The minimum Gasteiger partial charge on any atom is -0.375 e. The highest BCUT2D eigenvalue weighted by atomic mass is 35.5. The highest BCUT2D eigenvalue weighted by molar-refractivity contribution is 6.31. The van der Waals surface area contributed by atoms with E-state index >= 15 is 0 Å². The summed E-state index contributed by atoms with van der Waals surface area (Å²) >= 11 is 6.21. The van der Waals surface area contributed by atoms with Crippen LogP contribution in [0.5, 0.6) is 0 Å². The molecule has 1 aromatic carbocycles. The Kier molecular flexibility index (Phi) is 7.02. The van der Waals surface area contributed by atoms with E-state index in [1.807, 2.05) is 29.2 Å². The van der Waals surface area contributed by atoms with Crippen molar-refractivity contribution in [2.75, 3.05) is 51.8 Å². The molecular formula is C19H24ClN5O3. The molecule has 9 heteroatoms. The first-order valence-corrected chi connectivity index (χ1v) is 9.48. The fourth-order valence-corrected chi connectivity index (χ4v) is 3.30. The Labute approximate surface area is 169 Å². The van der Waals surface area contributed by atoms with Gasteiger partial charge in [-0.05, 0) is 11.6 Å². The van der Waals surface area contributed by atoms with E-state index in [4.69, 9.17) is 16.3 Å². The summed E-state index contributed by atoms with van der Waals surface area (Å²) in [6, 6.07) is 9.31. The van der Waals surface area contributed by atoms with Crippen LogP contribution in [0.25, 0.3) is 0 Å². The van der Waals surface area contributed by atoms with Crippen molar-refractivity contribution in [3.8, 4) is 0 Å². The number of carbonyl (C=O) groups excluding carboxylic acids is 2. The monoisotopic (exact) mass is 405 g/mol. The average molecular weight is 406 g/mol. The van der Waals surface area contributed by atoms with Crippen molar-refractivity contribution in [2.24, 2.45) is 0 Å². The number of ether oxygens (including phenoxy) is 1. The zero-order chi connectivity index (χ0) is 19.9. The molecule has 8 nitrogen and oxygen atoms in total. The Morgan fingerprint density at radius 3 is 2.64 bits per heavy atom. The van der Waals surface area contributed by atoms with Crippen LogP contribution in [0.4, 0.5) is 5.82 Å². The first-order valence-electron chi connectivity index (χ1n) is 9.11. The van der Waals surface area contributed by atoms with Crippen LogP contribution in [0, 0.1) is 0 Å². The number of hydrogen-bond donors (Lipinski definition) is 1. The summed E-state index contributed by atoms with van der Waals surface area (Å²) < 4.78 is 6.59. The van der Waals surface area contributed by atoms with E-state index in [1.165, 1.54) is 7.11 Å². The topological polar surface area (TPSA) is 79.7 Å². The third kappa shape index (κ3) is 5.31. The van der Waals surface area contributed by atoms with Gasteiger partial charge >= 0.3 is 0 Å². The third-order valence-corrected chi connectivity index (χ3v) is 4.99. The average Bonchev–Trinajstić information content (AvgIpc) is 3.11. The van der Waals surface area contributed by atoms with Crippen molar-refractivity contribution in [2.45, 2.75) is 6.54 Å². The second kappa shape index (κ2) is 9.68.